The second-order valence-electron chi connectivity index (χ2n) is 6.04. The fourth-order valence-corrected chi connectivity index (χ4v) is 2.70. The number of imidazole rings is 2. The minimum absolute atomic E-state index is 0.339. The number of carbonyl (C=O) groups is 2. The van der Waals surface area contributed by atoms with Crippen molar-refractivity contribution in [2.75, 3.05) is 24.7 Å². The second-order valence-corrected chi connectivity index (χ2v) is 6.04. The van der Waals surface area contributed by atoms with E-state index in [-0.39, 0.29) is 12.1 Å². The molecule has 2 aromatic carbocycles. The topological polar surface area (TPSA) is 149 Å². The van der Waals surface area contributed by atoms with Crippen LogP contribution < -0.4 is 26.0 Å². The van der Waals surface area contributed by atoms with Crippen molar-refractivity contribution in [3.8, 4) is 11.5 Å². The highest BCUT2D eigenvalue weighted by Gasteiger charge is 2.09. The van der Waals surface area contributed by atoms with Crippen LogP contribution in [-0.2, 0) is 0 Å². The summed E-state index contributed by atoms with van der Waals surface area (Å²) >= 11 is 0. The van der Waals surface area contributed by atoms with E-state index in [1.807, 2.05) is 0 Å². The summed E-state index contributed by atoms with van der Waals surface area (Å²) in [6.45, 7) is 0. The number of amides is 4. The lowest BCUT2D eigenvalue weighted by molar-refractivity contribution is 0.253. The molecule has 0 saturated carbocycles. The van der Waals surface area contributed by atoms with Crippen molar-refractivity contribution in [2.45, 2.75) is 0 Å². The zero-order valence-corrected chi connectivity index (χ0v) is 15.6. The number of H-pyrrole nitrogens is 2. The van der Waals surface area contributed by atoms with Crippen molar-refractivity contribution < 1.29 is 14.3 Å². The van der Waals surface area contributed by atoms with E-state index in [4.69, 9.17) is 4.74 Å². The molecule has 2 heterocycles. The van der Waals surface area contributed by atoms with Crippen LogP contribution in [0.5, 0.6) is 11.5 Å². The van der Waals surface area contributed by atoms with Gasteiger partial charge in [-0.25, -0.2) is 19.6 Å². The quantitative estimate of drug-likeness (QED) is 0.315. The molecule has 4 rings (SSSR count). The average Bonchev–Trinajstić information content (AvgIpc) is 3.29. The third-order valence-corrected chi connectivity index (χ3v) is 4.06. The third-order valence-electron chi connectivity index (χ3n) is 4.06. The van der Waals surface area contributed by atoms with Gasteiger partial charge in [0.05, 0.1) is 22.1 Å². The number of hydrogen-bond donors (Lipinski definition) is 6. The molecule has 11 heteroatoms. The molecule has 0 radical (unpaired) electrons. The van der Waals surface area contributed by atoms with Gasteiger partial charge in [-0.3, -0.25) is 10.6 Å². The maximum absolute atomic E-state index is 11.4. The van der Waals surface area contributed by atoms with Gasteiger partial charge in [-0.05, 0) is 24.3 Å². The van der Waals surface area contributed by atoms with Crippen molar-refractivity contribution in [1.29, 1.82) is 0 Å². The van der Waals surface area contributed by atoms with Gasteiger partial charge in [0.2, 0.25) is 11.9 Å². The Labute approximate surface area is 164 Å². The molecule has 4 aromatic rings. The number of carbonyl (C=O) groups excluding carboxylic acids is 2. The van der Waals surface area contributed by atoms with E-state index in [0.29, 0.717) is 45.5 Å². The van der Waals surface area contributed by atoms with Crippen LogP contribution in [-0.4, -0.2) is 46.1 Å². The van der Waals surface area contributed by atoms with Gasteiger partial charge in [-0.1, -0.05) is 0 Å². The zero-order valence-electron chi connectivity index (χ0n) is 15.6. The van der Waals surface area contributed by atoms with Crippen LogP contribution in [0.3, 0.4) is 0 Å². The molecule has 0 aliphatic carbocycles. The molecular formula is C18H18N8O3. The van der Waals surface area contributed by atoms with E-state index in [9.17, 15) is 9.59 Å². The average molecular weight is 394 g/mol. The van der Waals surface area contributed by atoms with Gasteiger partial charge in [0, 0.05) is 26.2 Å². The number of rotatable bonds is 4. The molecule has 0 spiro atoms. The van der Waals surface area contributed by atoms with Gasteiger partial charge in [-0.15, -0.1) is 0 Å². The first kappa shape index (κ1) is 18.1. The van der Waals surface area contributed by atoms with Gasteiger partial charge in [-0.2, -0.15) is 0 Å². The SMILES string of the molecule is CNC(=O)Nc1nc2ccc(Oc3ccc4nc(NC(=O)NC)[nH]c4c3)cc2[nH]1. The van der Waals surface area contributed by atoms with E-state index in [1.165, 1.54) is 14.1 Å². The summed E-state index contributed by atoms with van der Waals surface area (Å²) in [5.41, 5.74) is 2.82. The minimum atomic E-state index is -0.362. The highest BCUT2D eigenvalue weighted by molar-refractivity contribution is 5.90. The van der Waals surface area contributed by atoms with Crippen LogP contribution >= 0.6 is 0 Å². The summed E-state index contributed by atoms with van der Waals surface area (Å²) in [7, 11) is 3.05. The fraction of sp³-hybridized carbons (Fsp3) is 0.111. The number of anilines is 2. The number of benzene rings is 2. The van der Waals surface area contributed by atoms with Crippen molar-refractivity contribution in [3.05, 3.63) is 36.4 Å². The Balaban J connectivity index is 1.54. The molecule has 0 atom stereocenters. The fourth-order valence-electron chi connectivity index (χ4n) is 2.70. The number of urea groups is 2. The van der Waals surface area contributed by atoms with Gasteiger partial charge in [0.15, 0.2) is 0 Å². The summed E-state index contributed by atoms with van der Waals surface area (Å²) in [5.74, 6) is 1.86. The van der Waals surface area contributed by atoms with Crippen LogP contribution in [0.1, 0.15) is 0 Å². The third kappa shape index (κ3) is 3.88. The van der Waals surface area contributed by atoms with Gasteiger partial charge >= 0.3 is 12.1 Å². The van der Waals surface area contributed by atoms with Crippen LogP contribution in [0, 0.1) is 0 Å². The first-order valence-electron chi connectivity index (χ1n) is 8.69. The van der Waals surface area contributed by atoms with Crippen LogP contribution in [0.2, 0.25) is 0 Å². The van der Waals surface area contributed by atoms with E-state index >= 15 is 0 Å². The van der Waals surface area contributed by atoms with Crippen molar-refractivity contribution in [2.24, 2.45) is 0 Å². The molecule has 29 heavy (non-hydrogen) atoms. The Morgan fingerprint density at radius 1 is 0.793 bits per heavy atom. The predicted molar refractivity (Wildman–Crippen MR) is 108 cm³/mol. The highest BCUT2D eigenvalue weighted by Crippen LogP contribution is 2.28. The number of nitrogens with one attached hydrogen (secondary N) is 6. The largest absolute Gasteiger partial charge is 0.457 e. The first-order valence-corrected chi connectivity index (χ1v) is 8.69. The molecule has 0 unspecified atom stereocenters. The van der Waals surface area contributed by atoms with E-state index < -0.39 is 0 Å². The van der Waals surface area contributed by atoms with Crippen molar-refractivity contribution in [3.63, 3.8) is 0 Å². The molecule has 0 fully saturated rings. The van der Waals surface area contributed by atoms with Crippen molar-refractivity contribution >= 4 is 46.0 Å². The molecule has 0 bridgehead atoms. The molecule has 0 aliphatic heterocycles. The Bertz CT molecular complexity index is 1120. The van der Waals surface area contributed by atoms with Gasteiger partial charge < -0.3 is 25.3 Å². The Kier molecular flexibility index (Phi) is 4.61. The van der Waals surface area contributed by atoms with E-state index in [0.717, 1.165) is 0 Å². The first-order chi connectivity index (χ1) is 14.0. The molecule has 0 aliphatic rings. The van der Waals surface area contributed by atoms with Crippen LogP contribution in [0.25, 0.3) is 22.1 Å². The predicted octanol–water partition coefficient (Wildman–Crippen LogP) is 2.73. The summed E-state index contributed by atoms with van der Waals surface area (Å²) in [4.78, 5) is 37.4. The summed E-state index contributed by atoms with van der Waals surface area (Å²) in [6.07, 6.45) is 0. The summed E-state index contributed by atoms with van der Waals surface area (Å²) < 4.78 is 5.92. The summed E-state index contributed by atoms with van der Waals surface area (Å²) in [6, 6.07) is 9.98. The standard InChI is InChI=1S/C18H18N8O3/c1-19-17(27)25-15-21-11-5-3-9(7-13(11)23-15)29-10-4-6-12-14(8-10)24-16(22-12)26-18(28)20-2/h3-8H,1-2H3,(H3,19,21,23,25,27)(H3,20,22,24,26,28). The lowest BCUT2D eigenvalue weighted by atomic mass is 10.3. The van der Waals surface area contributed by atoms with E-state index in [2.05, 4.69) is 41.2 Å². The number of hydrogen-bond acceptors (Lipinski definition) is 5. The Morgan fingerprint density at radius 3 is 1.66 bits per heavy atom. The lowest BCUT2D eigenvalue weighted by Gasteiger charge is -2.05. The van der Waals surface area contributed by atoms with Crippen LogP contribution in [0.4, 0.5) is 21.5 Å². The lowest BCUT2D eigenvalue weighted by Crippen LogP contribution is -2.24. The number of nitrogens with zero attached hydrogens (tertiary/aromatic N) is 2. The maximum atomic E-state index is 11.4. The summed E-state index contributed by atoms with van der Waals surface area (Å²) in [5, 5.41) is 10.1. The minimum Gasteiger partial charge on any atom is -0.457 e. The number of fused-ring (bicyclic) bond motifs is 2. The molecule has 148 valence electrons. The molecule has 2 aromatic heterocycles. The molecule has 0 saturated heterocycles. The van der Waals surface area contributed by atoms with E-state index in [1.54, 1.807) is 36.4 Å². The molecule has 11 nitrogen and oxygen atoms in total. The monoisotopic (exact) mass is 394 g/mol. The second kappa shape index (κ2) is 7.38. The number of aromatic amines is 2. The normalized spacial score (nSPS) is 10.7. The Morgan fingerprint density at radius 2 is 1.24 bits per heavy atom. The van der Waals surface area contributed by atoms with Crippen LogP contribution in [0.15, 0.2) is 36.4 Å². The highest BCUT2D eigenvalue weighted by atomic mass is 16.5. The van der Waals surface area contributed by atoms with Crippen molar-refractivity contribution in [1.82, 2.24) is 30.6 Å². The zero-order chi connectivity index (χ0) is 20.4. The smallest absolute Gasteiger partial charge is 0.321 e. The van der Waals surface area contributed by atoms with Gasteiger partial charge in [0.25, 0.3) is 0 Å². The number of ether oxygens (including phenoxy) is 1. The Hall–Kier alpha value is -4.28. The maximum Gasteiger partial charge on any atom is 0.321 e. The molecule has 4 amide bonds. The number of aromatic nitrogens is 4. The molecular weight excluding hydrogens is 376 g/mol. The molecule has 6 N–H and O–H groups in total. The van der Waals surface area contributed by atoms with Gasteiger partial charge in [0.1, 0.15) is 11.5 Å².